The topological polar surface area (TPSA) is 63.6 Å². The minimum Gasteiger partial charge on any atom is -0.469 e. The van der Waals surface area contributed by atoms with Crippen LogP contribution < -0.4 is 5.43 Å². The van der Waals surface area contributed by atoms with E-state index in [1.807, 2.05) is 24.3 Å². The van der Waals surface area contributed by atoms with Gasteiger partial charge in [-0.1, -0.05) is 34.1 Å². The summed E-state index contributed by atoms with van der Waals surface area (Å²) in [7, 11) is 1.36. The first-order valence-corrected chi connectivity index (χ1v) is 7.41. The van der Waals surface area contributed by atoms with E-state index in [1.165, 1.54) is 18.4 Å². The Balaban J connectivity index is 1.94. The van der Waals surface area contributed by atoms with Crippen molar-refractivity contribution in [2.75, 3.05) is 12.5 Å². The first kappa shape index (κ1) is 14.7. The summed E-state index contributed by atoms with van der Waals surface area (Å²) in [5.74, 6) is -0.307. The van der Waals surface area contributed by atoms with E-state index in [2.05, 4.69) is 36.2 Å². The first-order chi connectivity index (χ1) is 9.69. The Labute approximate surface area is 128 Å². The average molecular weight is 354 g/mol. The van der Waals surface area contributed by atoms with Gasteiger partial charge in [0.1, 0.15) is 0 Å². The van der Waals surface area contributed by atoms with Gasteiger partial charge in [0, 0.05) is 15.4 Å². The molecule has 0 bridgehead atoms. The molecule has 104 valence electrons. The number of hydrazone groups is 1. The number of thiazole rings is 1. The third kappa shape index (κ3) is 4.14. The Morgan fingerprint density at radius 3 is 3.10 bits per heavy atom. The number of nitrogens with zero attached hydrogens (tertiary/aromatic N) is 2. The Morgan fingerprint density at radius 1 is 1.55 bits per heavy atom. The van der Waals surface area contributed by atoms with Crippen molar-refractivity contribution in [3.63, 3.8) is 0 Å². The third-order valence-corrected chi connectivity index (χ3v) is 3.89. The molecule has 0 atom stereocenters. The molecular weight excluding hydrogens is 342 g/mol. The summed E-state index contributed by atoms with van der Waals surface area (Å²) in [5.41, 5.74) is 4.47. The van der Waals surface area contributed by atoms with Crippen molar-refractivity contribution in [1.82, 2.24) is 4.98 Å². The molecule has 20 heavy (non-hydrogen) atoms. The lowest BCUT2D eigenvalue weighted by Gasteiger charge is -1.97. The van der Waals surface area contributed by atoms with Crippen LogP contribution in [0.25, 0.3) is 0 Å². The number of methoxy groups -OCH3 is 1. The van der Waals surface area contributed by atoms with E-state index in [9.17, 15) is 4.79 Å². The highest BCUT2D eigenvalue weighted by Crippen LogP contribution is 2.17. The van der Waals surface area contributed by atoms with Crippen LogP contribution in [0.3, 0.4) is 0 Å². The van der Waals surface area contributed by atoms with E-state index in [-0.39, 0.29) is 12.4 Å². The minimum absolute atomic E-state index is 0.169. The number of anilines is 1. The molecule has 7 heteroatoms. The Hall–Kier alpha value is -1.73. The standard InChI is InChI=1S/C13H12BrN3O2S/c1-19-12(18)6-10-8-20-13(16-10)17-15-7-9-4-2-3-5-11(9)14/h2-5,7-8H,6H2,1H3,(H,16,17)/b15-7-. The van der Waals surface area contributed by atoms with E-state index in [4.69, 9.17) is 0 Å². The molecule has 0 aliphatic rings. The lowest BCUT2D eigenvalue weighted by molar-refractivity contribution is -0.139. The maximum atomic E-state index is 11.1. The van der Waals surface area contributed by atoms with Gasteiger partial charge in [0.2, 0.25) is 5.13 Å². The molecule has 0 fully saturated rings. The highest BCUT2D eigenvalue weighted by molar-refractivity contribution is 9.10. The van der Waals surface area contributed by atoms with Crippen LogP contribution in [0.4, 0.5) is 5.13 Å². The molecule has 0 saturated carbocycles. The normalized spacial score (nSPS) is 10.7. The van der Waals surface area contributed by atoms with Crippen molar-refractivity contribution >= 4 is 44.6 Å². The van der Waals surface area contributed by atoms with Crippen molar-refractivity contribution in [2.24, 2.45) is 5.10 Å². The number of ether oxygens (including phenoxy) is 1. The van der Waals surface area contributed by atoms with Crippen LogP contribution in [0.5, 0.6) is 0 Å². The number of carbonyl (C=O) groups is 1. The predicted molar refractivity (Wildman–Crippen MR) is 83.2 cm³/mol. The molecule has 1 N–H and O–H groups in total. The molecule has 0 amide bonds. The lowest BCUT2D eigenvalue weighted by Crippen LogP contribution is -2.04. The number of rotatable bonds is 5. The van der Waals surface area contributed by atoms with Crippen molar-refractivity contribution < 1.29 is 9.53 Å². The number of halogens is 1. The Kier molecular flexibility index (Phi) is 5.25. The van der Waals surface area contributed by atoms with E-state index < -0.39 is 0 Å². The second-order valence-corrected chi connectivity index (χ2v) is 5.50. The molecule has 0 aliphatic heterocycles. The zero-order valence-electron chi connectivity index (χ0n) is 10.7. The molecule has 0 spiro atoms. The van der Waals surface area contributed by atoms with Crippen LogP contribution in [0.1, 0.15) is 11.3 Å². The number of nitrogens with one attached hydrogen (secondary N) is 1. The van der Waals surface area contributed by atoms with Gasteiger partial charge in [-0.05, 0) is 6.07 Å². The van der Waals surface area contributed by atoms with E-state index >= 15 is 0 Å². The summed E-state index contributed by atoms with van der Waals surface area (Å²) in [6.45, 7) is 0. The molecule has 0 saturated heterocycles. The molecule has 5 nitrogen and oxygen atoms in total. The van der Waals surface area contributed by atoms with Gasteiger partial charge in [-0.25, -0.2) is 4.98 Å². The summed E-state index contributed by atoms with van der Waals surface area (Å²) >= 11 is 4.82. The molecule has 1 aromatic carbocycles. The van der Waals surface area contributed by atoms with Crippen LogP contribution >= 0.6 is 27.3 Å². The molecule has 2 aromatic rings. The summed E-state index contributed by atoms with van der Waals surface area (Å²) in [5, 5.41) is 6.54. The molecule has 0 aliphatic carbocycles. The number of aromatic nitrogens is 1. The summed E-state index contributed by atoms with van der Waals surface area (Å²) in [4.78, 5) is 15.3. The van der Waals surface area contributed by atoms with Crippen LogP contribution in [-0.4, -0.2) is 24.3 Å². The van der Waals surface area contributed by atoms with Gasteiger partial charge in [0.05, 0.1) is 25.4 Å². The van der Waals surface area contributed by atoms with E-state index in [0.29, 0.717) is 10.8 Å². The number of esters is 1. The van der Waals surface area contributed by atoms with Crippen LogP contribution in [0, 0.1) is 0 Å². The number of hydrogen-bond donors (Lipinski definition) is 1. The van der Waals surface area contributed by atoms with Gasteiger partial charge < -0.3 is 4.74 Å². The van der Waals surface area contributed by atoms with Crippen molar-refractivity contribution in [3.8, 4) is 0 Å². The monoisotopic (exact) mass is 353 g/mol. The molecule has 1 aromatic heterocycles. The maximum absolute atomic E-state index is 11.1. The third-order valence-electron chi connectivity index (χ3n) is 2.37. The highest BCUT2D eigenvalue weighted by Gasteiger charge is 2.06. The fourth-order valence-electron chi connectivity index (χ4n) is 1.40. The maximum Gasteiger partial charge on any atom is 0.311 e. The molecule has 1 heterocycles. The average Bonchev–Trinajstić information content (AvgIpc) is 2.88. The van der Waals surface area contributed by atoms with Gasteiger partial charge in [-0.3, -0.25) is 10.2 Å². The van der Waals surface area contributed by atoms with Gasteiger partial charge in [0.15, 0.2) is 0 Å². The molecule has 0 unspecified atom stereocenters. The Morgan fingerprint density at radius 2 is 2.35 bits per heavy atom. The molecular formula is C13H12BrN3O2S. The van der Waals surface area contributed by atoms with Crippen LogP contribution in [0.2, 0.25) is 0 Å². The smallest absolute Gasteiger partial charge is 0.311 e. The summed E-state index contributed by atoms with van der Waals surface area (Å²) in [6.07, 6.45) is 1.87. The van der Waals surface area contributed by atoms with Crippen LogP contribution in [0.15, 0.2) is 39.2 Å². The van der Waals surface area contributed by atoms with Crippen molar-refractivity contribution in [1.29, 1.82) is 0 Å². The van der Waals surface area contributed by atoms with Crippen molar-refractivity contribution in [2.45, 2.75) is 6.42 Å². The fraction of sp³-hybridized carbons (Fsp3) is 0.154. The minimum atomic E-state index is -0.307. The van der Waals surface area contributed by atoms with Gasteiger partial charge in [-0.15, -0.1) is 11.3 Å². The van der Waals surface area contributed by atoms with E-state index in [1.54, 1.807) is 11.6 Å². The number of benzene rings is 1. The summed E-state index contributed by atoms with van der Waals surface area (Å²) < 4.78 is 5.55. The quantitative estimate of drug-likeness (QED) is 0.509. The zero-order valence-corrected chi connectivity index (χ0v) is 13.1. The lowest BCUT2D eigenvalue weighted by atomic mass is 10.2. The van der Waals surface area contributed by atoms with Gasteiger partial charge >= 0.3 is 5.97 Å². The Bertz CT molecular complexity index is 628. The van der Waals surface area contributed by atoms with Crippen LogP contribution in [-0.2, 0) is 16.0 Å². The largest absolute Gasteiger partial charge is 0.469 e. The fourth-order valence-corrected chi connectivity index (χ4v) is 2.44. The highest BCUT2D eigenvalue weighted by atomic mass is 79.9. The molecule has 0 radical (unpaired) electrons. The number of hydrogen-bond acceptors (Lipinski definition) is 6. The second-order valence-electron chi connectivity index (χ2n) is 3.79. The summed E-state index contributed by atoms with van der Waals surface area (Å²) in [6, 6.07) is 7.76. The van der Waals surface area contributed by atoms with Crippen molar-refractivity contribution in [3.05, 3.63) is 45.4 Å². The molecule has 2 rings (SSSR count). The number of carbonyl (C=O) groups excluding carboxylic acids is 1. The predicted octanol–water partition coefficient (Wildman–Crippen LogP) is 3.07. The van der Waals surface area contributed by atoms with Gasteiger partial charge in [0.25, 0.3) is 0 Å². The second kappa shape index (κ2) is 7.16. The SMILES string of the molecule is COC(=O)Cc1csc(N/N=C\c2ccccc2Br)n1. The first-order valence-electron chi connectivity index (χ1n) is 5.74. The zero-order chi connectivity index (χ0) is 14.4. The van der Waals surface area contributed by atoms with Gasteiger partial charge in [-0.2, -0.15) is 5.10 Å². The van der Waals surface area contributed by atoms with E-state index in [0.717, 1.165) is 10.0 Å².